The molecule has 0 spiro atoms. The lowest BCUT2D eigenvalue weighted by molar-refractivity contribution is -0.141. The van der Waals surface area contributed by atoms with Crippen molar-refractivity contribution in [1.29, 1.82) is 0 Å². The number of nitrogens with one attached hydrogen (secondary N) is 3. The normalized spacial score (nSPS) is 11.1. The van der Waals surface area contributed by atoms with Crippen LogP contribution in [0.5, 0.6) is 0 Å². The third-order valence-electron chi connectivity index (χ3n) is 3.26. The molecule has 1 aromatic rings. The van der Waals surface area contributed by atoms with Gasteiger partial charge in [0.15, 0.2) is 0 Å². The molecule has 0 saturated carbocycles. The molecule has 0 aliphatic rings. The Bertz CT molecular complexity index is 620. The van der Waals surface area contributed by atoms with E-state index in [9.17, 15) is 19.2 Å². The molecule has 9 nitrogen and oxygen atoms in total. The molecule has 4 N–H and O–H groups in total. The van der Waals surface area contributed by atoms with E-state index in [1.807, 2.05) is 18.2 Å². The van der Waals surface area contributed by atoms with E-state index in [-0.39, 0.29) is 19.7 Å². The minimum absolute atomic E-state index is 0.0741. The fraction of sp³-hybridized carbons (Fsp3) is 0.412. The second-order valence-corrected chi connectivity index (χ2v) is 5.44. The highest BCUT2D eigenvalue weighted by Gasteiger charge is 2.18. The van der Waals surface area contributed by atoms with Gasteiger partial charge in [-0.3, -0.25) is 9.59 Å². The van der Waals surface area contributed by atoms with Crippen molar-refractivity contribution in [3.8, 4) is 0 Å². The van der Waals surface area contributed by atoms with Crippen LogP contribution in [0.3, 0.4) is 0 Å². The molecule has 9 heteroatoms. The summed E-state index contributed by atoms with van der Waals surface area (Å²) in [5.41, 5.74) is 0.809. The summed E-state index contributed by atoms with van der Waals surface area (Å²) in [5, 5.41) is 15.8. The fourth-order valence-corrected chi connectivity index (χ4v) is 1.96. The van der Waals surface area contributed by atoms with Crippen LogP contribution in [0.2, 0.25) is 0 Å². The predicted molar refractivity (Wildman–Crippen MR) is 92.1 cm³/mol. The number of hydrogen-bond acceptors (Lipinski definition) is 5. The molecule has 1 aromatic carbocycles. The first-order valence-corrected chi connectivity index (χ1v) is 8.15. The van der Waals surface area contributed by atoms with Crippen molar-refractivity contribution in [1.82, 2.24) is 16.0 Å². The van der Waals surface area contributed by atoms with Gasteiger partial charge in [0.25, 0.3) is 0 Å². The monoisotopic (exact) mass is 365 g/mol. The van der Waals surface area contributed by atoms with E-state index >= 15 is 0 Å². The minimum Gasteiger partial charge on any atom is -0.480 e. The van der Waals surface area contributed by atoms with E-state index in [1.165, 1.54) is 0 Å². The van der Waals surface area contributed by atoms with Gasteiger partial charge in [0.05, 0.1) is 6.54 Å². The van der Waals surface area contributed by atoms with E-state index in [2.05, 4.69) is 16.0 Å². The van der Waals surface area contributed by atoms with Crippen molar-refractivity contribution >= 4 is 23.9 Å². The number of benzene rings is 1. The predicted octanol–water partition coefficient (Wildman–Crippen LogP) is 0.399. The summed E-state index contributed by atoms with van der Waals surface area (Å²) in [7, 11) is 0. The van der Waals surface area contributed by atoms with E-state index in [4.69, 9.17) is 9.84 Å². The molecule has 0 saturated heterocycles. The highest BCUT2D eigenvalue weighted by molar-refractivity contribution is 5.89. The summed E-state index contributed by atoms with van der Waals surface area (Å²) in [4.78, 5) is 45.7. The first kappa shape index (κ1) is 20.9. The summed E-state index contributed by atoms with van der Waals surface area (Å²) in [5.74, 6) is -2.35. The van der Waals surface area contributed by atoms with Gasteiger partial charge in [-0.2, -0.15) is 0 Å². The van der Waals surface area contributed by atoms with E-state index < -0.39 is 29.9 Å². The number of alkyl carbamates (subject to hydrolysis) is 1. The molecular weight excluding hydrogens is 342 g/mol. The molecule has 0 aliphatic carbocycles. The number of rotatable bonds is 10. The fourth-order valence-electron chi connectivity index (χ4n) is 1.96. The van der Waals surface area contributed by atoms with Crippen molar-refractivity contribution in [2.75, 3.05) is 13.1 Å². The first-order valence-electron chi connectivity index (χ1n) is 8.15. The van der Waals surface area contributed by atoms with Crippen molar-refractivity contribution in [2.24, 2.45) is 0 Å². The third-order valence-corrected chi connectivity index (χ3v) is 3.26. The van der Waals surface area contributed by atoms with Crippen LogP contribution >= 0.6 is 0 Å². The average molecular weight is 365 g/mol. The van der Waals surface area contributed by atoms with E-state index in [0.29, 0.717) is 12.8 Å². The second-order valence-electron chi connectivity index (χ2n) is 5.44. The molecule has 1 atom stereocenters. The zero-order valence-electron chi connectivity index (χ0n) is 14.5. The molecule has 0 aromatic heterocycles. The van der Waals surface area contributed by atoms with Crippen molar-refractivity contribution in [3.63, 3.8) is 0 Å². The minimum atomic E-state index is -1.13. The first-order chi connectivity index (χ1) is 12.4. The molecule has 0 unspecified atom stereocenters. The van der Waals surface area contributed by atoms with Crippen LogP contribution in [-0.4, -0.2) is 48.1 Å². The van der Waals surface area contributed by atoms with Gasteiger partial charge in [-0.15, -0.1) is 0 Å². The molecule has 0 radical (unpaired) electrons. The Morgan fingerprint density at radius 3 is 2.31 bits per heavy atom. The zero-order chi connectivity index (χ0) is 19.4. The summed E-state index contributed by atoms with van der Waals surface area (Å²) in [6, 6.07) is 8.05. The maximum absolute atomic E-state index is 11.6. The van der Waals surface area contributed by atoms with Gasteiger partial charge in [0.1, 0.15) is 19.2 Å². The SMILES string of the molecule is CCC[C@H](NC(=O)CNC(=O)CNC(=O)OCc1ccccc1)C(=O)O. The topological polar surface area (TPSA) is 134 Å². The van der Waals surface area contributed by atoms with Crippen LogP contribution in [0.25, 0.3) is 0 Å². The van der Waals surface area contributed by atoms with Crippen molar-refractivity contribution in [2.45, 2.75) is 32.4 Å². The smallest absolute Gasteiger partial charge is 0.407 e. The molecule has 0 bridgehead atoms. The Hall–Kier alpha value is -3.10. The number of ether oxygens (including phenoxy) is 1. The van der Waals surface area contributed by atoms with Crippen LogP contribution in [0.4, 0.5) is 4.79 Å². The van der Waals surface area contributed by atoms with Crippen LogP contribution in [-0.2, 0) is 25.7 Å². The summed E-state index contributed by atoms with van der Waals surface area (Å²) >= 11 is 0. The highest BCUT2D eigenvalue weighted by atomic mass is 16.5. The lowest BCUT2D eigenvalue weighted by atomic mass is 10.1. The van der Waals surface area contributed by atoms with E-state index in [1.54, 1.807) is 19.1 Å². The molecule has 0 fully saturated rings. The largest absolute Gasteiger partial charge is 0.480 e. The third kappa shape index (κ3) is 8.67. The Balaban J connectivity index is 2.22. The van der Waals surface area contributed by atoms with Gasteiger partial charge in [0.2, 0.25) is 11.8 Å². The lowest BCUT2D eigenvalue weighted by Crippen LogP contribution is -2.47. The van der Waals surface area contributed by atoms with Gasteiger partial charge in [0, 0.05) is 0 Å². The van der Waals surface area contributed by atoms with Gasteiger partial charge in [-0.25, -0.2) is 9.59 Å². The molecule has 0 heterocycles. The van der Waals surface area contributed by atoms with Gasteiger partial charge in [-0.1, -0.05) is 43.7 Å². The molecule has 1 rings (SSSR count). The Morgan fingerprint density at radius 1 is 1.04 bits per heavy atom. The number of hydrogen-bond donors (Lipinski definition) is 4. The number of carboxylic acids is 1. The number of carboxylic acid groups (broad SMARTS) is 1. The van der Waals surface area contributed by atoms with Crippen LogP contribution in [0, 0.1) is 0 Å². The number of aliphatic carboxylic acids is 1. The highest BCUT2D eigenvalue weighted by Crippen LogP contribution is 2.00. The van der Waals surface area contributed by atoms with Crippen LogP contribution in [0.1, 0.15) is 25.3 Å². The van der Waals surface area contributed by atoms with Gasteiger partial charge in [-0.05, 0) is 12.0 Å². The standard InChI is InChI=1S/C17H23N3O6/c1-2-6-13(16(23)24)20-15(22)10-18-14(21)9-19-17(25)26-11-12-7-4-3-5-8-12/h3-5,7-8,13H,2,6,9-11H2,1H3,(H,18,21)(H,19,25)(H,20,22)(H,23,24)/t13-/m0/s1. The molecular formula is C17H23N3O6. The Kier molecular flexibility index (Phi) is 9.23. The number of carbonyl (C=O) groups is 4. The molecule has 142 valence electrons. The summed E-state index contributed by atoms with van der Waals surface area (Å²) < 4.78 is 4.94. The molecule has 3 amide bonds. The molecule has 0 aliphatic heterocycles. The summed E-state index contributed by atoms with van der Waals surface area (Å²) in [6.45, 7) is 1.13. The van der Waals surface area contributed by atoms with Crippen molar-refractivity contribution < 1.29 is 29.0 Å². The van der Waals surface area contributed by atoms with Crippen LogP contribution in [0.15, 0.2) is 30.3 Å². The lowest BCUT2D eigenvalue weighted by Gasteiger charge is -2.14. The maximum Gasteiger partial charge on any atom is 0.407 e. The Labute approximate surface area is 151 Å². The summed E-state index contributed by atoms with van der Waals surface area (Å²) in [6.07, 6.45) is 0.130. The number of amides is 3. The number of carbonyl (C=O) groups excluding carboxylic acids is 3. The maximum atomic E-state index is 11.6. The zero-order valence-corrected chi connectivity index (χ0v) is 14.5. The van der Waals surface area contributed by atoms with Crippen LogP contribution < -0.4 is 16.0 Å². The Morgan fingerprint density at radius 2 is 1.69 bits per heavy atom. The van der Waals surface area contributed by atoms with Gasteiger partial charge >= 0.3 is 12.1 Å². The van der Waals surface area contributed by atoms with Gasteiger partial charge < -0.3 is 25.8 Å². The second kappa shape index (κ2) is 11.5. The average Bonchev–Trinajstić information content (AvgIpc) is 2.63. The molecule has 26 heavy (non-hydrogen) atoms. The van der Waals surface area contributed by atoms with Crippen molar-refractivity contribution in [3.05, 3.63) is 35.9 Å². The van der Waals surface area contributed by atoms with E-state index in [0.717, 1.165) is 5.56 Å². The quantitative estimate of drug-likeness (QED) is 0.474.